The number of carbonyl (C=O) groups is 2. The fourth-order valence-corrected chi connectivity index (χ4v) is 2.95. The van der Waals surface area contributed by atoms with Crippen molar-refractivity contribution in [3.63, 3.8) is 0 Å². The Morgan fingerprint density at radius 2 is 1.69 bits per heavy atom. The van der Waals surface area contributed by atoms with Crippen molar-refractivity contribution in [2.75, 3.05) is 18.9 Å². The Bertz CT molecular complexity index is 973. The number of hydrogen-bond donors (Lipinski definition) is 1. The molecule has 0 unspecified atom stereocenters. The number of aryl methyl sites for hydroxylation is 3. The van der Waals surface area contributed by atoms with Crippen molar-refractivity contribution in [3.05, 3.63) is 63.1 Å². The quantitative estimate of drug-likeness (QED) is 0.826. The predicted octanol–water partition coefficient (Wildman–Crippen LogP) is 2.89. The number of carbonyl (C=O) groups excluding carboxylic acids is 2. The van der Waals surface area contributed by atoms with Crippen molar-refractivity contribution in [2.45, 2.75) is 33.5 Å². The Morgan fingerprint density at radius 3 is 2.24 bits per heavy atom. The molecule has 156 valence electrons. The summed E-state index contributed by atoms with van der Waals surface area (Å²) in [4.78, 5) is 37.4. The third-order valence-electron chi connectivity index (χ3n) is 4.36. The standard InChI is InChI=1S/C20H22F3N3O3/c1-12-7-13(2)19(14(3)8-12)24-16(27)10-25(4)18(29)11-26-9-15(20(21,22)23)5-6-17(26)28/h5-9H,10-11H2,1-4H3,(H,24,27). The highest BCUT2D eigenvalue weighted by Gasteiger charge is 2.31. The molecule has 0 saturated carbocycles. The number of halogens is 3. The van der Waals surface area contributed by atoms with Crippen molar-refractivity contribution in [3.8, 4) is 0 Å². The molecule has 0 aliphatic rings. The van der Waals surface area contributed by atoms with Gasteiger partial charge in [0.2, 0.25) is 11.8 Å². The number of nitrogens with one attached hydrogen (secondary N) is 1. The van der Waals surface area contributed by atoms with Crippen LogP contribution in [0.25, 0.3) is 0 Å². The second-order valence-corrected chi connectivity index (χ2v) is 6.95. The van der Waals surface area contributed by atoms with Gasteiger partial charge in [-0.05, 0) is 38.0 Å². The molecule has 0 bridgehead atoms. The number of likely N-dealkylation sites (N-methyl/N-ethyl adjacent to an activating group) is 1. The summed E-state index contributed by atoms with van der Waals surface area (Å²) >= 11 is 0. The first-order chi connectivity index (χ1) is 13.4. The SMILES string of the molecule is Cc1cc(C)c(NC(=O)CN(C)C(=O)Cn2cc(C(F)(F)F)ccc2=O)c(C)c1. The summed E-state index contributed by atoms with van der Waals surface area (Å²) in [6, 6.07) is 5.24. The van der Waals surface area contributed by atoms with Crippen LogP contribution in [0.15, 0.2) is 35.3 Å². The summed E-state index contributed by atoms with van der Waals surface area (Å²) in [5.41, 5.74) is 1.68. The smallest absolute Gasteiger partial charge is 0.335 e. The maximum Gasteiger partial charge on any atom is 0.417 e. The van der Waals surface area contributed by atoms with Gasteiger partial charge in [-0.15, -0.1) is 0 Å². The molecule has 0 aliphatic heterocycles. The molecule has 0 fully saturated rings. The zero-order valence-electron chi connectivity index (χ0n) is 16.6. The maximum absolute atomic E-state index is 12.8. The van der Waals surface area contributed by atoms with E-state index in [-0.39, 0.29) is 6.54 Å². The molecule has 2 rings (SSSR count). The molecule has 2 amide bonds. The monoisotopic (exact) mass is 409 g/mol. The van der Waals surface area contributed by atoms with E-state index in [0.717, 1.165) is 27.7 Å². The van der Waals surface area contributed by atoms with Crippen LogP contribution in [-0.2, 0) is 22.3 Å². The van der Waals surface area contributed by atoms with E-state index in [1.807, 2.05) is 32.9 Å². The Kier molecular flexibility index (Phi) is 6.51. The number of anilines is 1. The lowest BCUT2D eigenvalue weighted by Gasteiger charge is -2.19. The van der Waals surface area contributed by atoms with Crippen molar-refractivity contribution in [2.24, 2.45) is 0 Å². The van der Waals surface area contributed by atoms with Crippen LogP contribution in [-0.4, -0.2) is 34.9 Å². The zero-order valence-corrected chi connectivity index (χ0v) is 16.6. The molecule has 0 radical (unpaired) electrons. The lowest BCUT2D eigenvalue weighted by atomic mass is 10.1. The van der Waals surface area contributed by atoms with E-state index in [1.165, 1.54) is 7.05 Å². The summed E-state index contributed by atoms with van der Waals surface area (Å²) in [6.45, 7) is 4.73. The fraction of sp³-hybridized carbons (Fsp3) is 0.350. The topological polar surface area (TPSA) is 71.4 Å². The minimum atomic E-state index is -4.63. The highest BCUT2D eigenvalue weighted by molar-refractivity contribution is 5.95. The van der Waals surface area contributed by atoms with Crippen molar-refractivity contribution >= 4 is 17.5 Å². The Balaban J connectivity index is 2.06. The van der Waals surface area contributed by atoms with Crippen LogP contribution >= 0.6 is 0 Å². The number of aromatic nitrogens is 1. The lowest BCUT2D eigenvalue weighted by Crippen LogP contribution is -2.38. The molecular formula is C20H22F3N3O3. The second kappa shape index (κ2) is 8.50. The maximum atomic E-state index is 12.8. The molecule has 0 atom stereocenters. The van der Waals surface area contributed by atoms with Gasteiger partial charge in [-0.1, -0.05) is 17.7 Å². The van der Waals surface area contributed by atoms with Gasteiger partial charge in [-0.3, -0.25) is 14.4 Å². The van der Waals surface area contributed by atoms with Gasteiger partial charge >= 0.3 is 6.18 Å². The zero-order chi connectivity index (χ0) is 21.9. The van der Waals surface area contributed by atoms with Gasteiger partial charge in [-0.25, -0.2) is 0 Å². The van der Waals surface area contributed by atoms with Crippen molar-refractivity contribution in [1.29, 1.82) is 0 Å². The minimum Gasteiger partial charge on any atom is -0.335 e. The van der Waals surface area contributed by atoms with E-state index in [4.69, 9.17) is 0 Å². The number of nitrogens with zero attached hydrogens (tertiary/aromatic N) is 2. The fourth-order valence-electron chi connectivity index (χ4n) is 2.95. The summed E-state index contributed by atoms with van der Waals surface area (Å²) in [6.07, 6.45) is -4.04. The molecule has 6 nitrogen and oxygen atoms in total. The van der Waals surface area contributed by atoms with E-state index in [1.54, 1.807) is 0 Å². The van der Waals surface area contributed by atoms with Gasteiger partial charge in [0.25, 0.3) is 5.56 Å². The van der Waals surface area contributed by atoms with Gasteiger partial charge in [0.1, 0.15) is 6.54 Å². The average Bonchev–Trinajstić information content (AvgIpc) is 2.58. The molecule has 1 aromatic heterocycles. The molecule has 2 aromatic rings. The first-order valence-electron chi connectivity index (χ1n) is 8.78. The van der Waals surface area contributed by atoms with E-state index < -0.39 is 35.7 Å². The number of alkyl halides is 3. The van der Waals surface area contributed by atoms with E-state index in [9.17, 15) is 27.6 Å². The molecule has 1 heterocycles. The van der Waals surface area contributed by atoms with E-state index in [2.05, 4.69) is 5.32 Å². The molecule has 0 aliphatic carbocycles. The van der Waals surface area contributed by atoms with Crippen molar-refractivity contribution < 1.29 is 22.8 Å². The first-order valence-corrected chi connectivity index (χ1v) is 8.78. The number of amides is 2. The van der Waals surface area contributed by atoms with E-state index >= 15 is 0 Å². The highest BCUT2D eigenvalue weighted by Crippen LogP contribution is 2.28. The summed E-state index contributed by atoms with van der Waals surface area (Å²) in [7, 11) is 1.34. The molecule has 1 N–H and O–H groups in total. The number of pyridine rings is 1. The average molecular weight is 409 g/mol. The molecule has 1 aromatic carbocycles. The van der Waals surface area contributed by atoms with Crippen molar-refractivity contribution in [1.82, 2.24) is 9.47 Å². The van der Waals surface area contributed by atoms with Crippen LogP contribution in [0.4, 0.5) is 18.9 Å². The van der Waals surface area contributed by atoms with Gasteiger partial charge in [0, 0.05) is 25.0 Å². The third-order valence-corrected chi connectivity index (χ3v) is 4.36. The number of benzene rings is 1. The third kappa shape index (κ3) is 5.69. The minimum absolute atomic E-state index is 0.306. The Hall–Kier alpha value is -3.10. The summed E-state index contributed by atoms with van der Waals surface area (Å²) in [5, 5.41) is 2.75. The molecule has 0 saturated heterocycles. The summed E-state index contributed by atoms with van der Waals surface area (Å²) in [5.74, 6) is -1.12. The van der Waals surface area contributed by atoms with Gasteiger partial charge in [-0.2, -0.15) is 13.2 Å². The number of hydrogen-bond acceptors (Lipinski definition) is 3. The largest absolute Gasteiger partial charge is 0.417 e. The normalized spacial score (nSPS) is 11.3. The molecular weight excluding hydrogens is 387 g/mol. The number of rotatable bonds is 5. The van der Waals surface area contributed by atoms with Gasteiger partial charge < -0.3 is 14.8 Å². The lowest BCUT2D eigenvalue weighted by molar-refractivity contribution is -0.138. The van der Waals surface area contributed by atoms with Gasteiger partial charge in [0.15, 0.2) is 0 Å². The van der Waals surface area contributed by atoms with Crippen LogP contribution in [0.2, 0.25) is 0 Å². The van der Waals surface area contributed by atoms with Gasteiger partial charge in [0.05, 0.1) is 12.1 Å². The van der Waals surface area contributed by atoms with E-state index in [0.29, 0.717) is 22.5 Å². The molecule has 9 heteroatoms. The molecule has 29 heavy (non-hydrogen) atoms. The van der Waals surface area contributed by atoms with Crippen LogP contribution in [0.5, 0.6) is 0 Å². The molecule has 0 spiro atoms. The predicted molar refractivity (Wildman–Crippen MR) is 103 cm³/mol. The Labute approximate surface area is 165 Å². The van der Waals surface area contributed by atoms with Crippen LogP contribution in [0.3, 0.4) is 0 Å². The second-order valence-electron chi connectivity index (χ2n) is 6.95. The van der Waals surface area contributed by atoms with Crippen LogP contribution in [0, 0.1) is 20.8 Å². The Morgan fingerprint density at radius 1 is 1.10 bits per heavy atom. The highest BCUT2D eigenvalue weighted by atomic mass is 19.4. The summed E-state index contributed by atoms with van der Waals surface area (Å²) < 4.78 is 39.1. The van der Waals surface area contributed by atoms with Crippen LogP contribution < -0.4 is 10.9 Å². The first kappa shape index (κ1) is 22.2. The van der Waals surface area contributed by atoms with Crippen LogP contribution in [0.1, 0.15) is 22.3 Å².